The third-order valence-electron chi connectivity index (χ3n) is 11.9. The first-order valence-corrected chi connectivity index (χ1v) is 22.2. The van der Waals surface area contributed by atoms with Crippen LogP contribution in [0.3, 0.4) is 0 Å². The molecule has 8 aromatic carbocycles. The van der Waals surface area contributed by atoms with E-state index in [1.807, 2.05) is 11.3 Å². The highest BCUT2D eigenvalue weighted by molar-refractivity contribution is 7.26. The maximum absolute atomic E-state index is 5.88. The van der Waals surface area contributed by atoms with E-state index >= 15 is 0 Å². The Balaban J connectivity index is 1.20. The van der Waals surface area contributed by atoms with Crippen LogP contribution >= 0.6 is 11.3 Å². The summed E-state index contributed by atoms with van der Waals surface area (Å²) in [6.07, 6.45) is 0. The summed E-state index contributed by atoms with van der Waals surface area (Å²) in [7, 11) is -2.93. The van der Waals surface area contributed by atoms with Gasteiger partial charge < -0.3 is 4.57 Å². The van der Waals surface area contributed by atoms with Crippen molar-refractivity contribution < 1.29 is 0 Å². The molecule has 4 heterocycles. The van der Waals surface area contributed by atoms with Gasteiger partial charge in [0.1, 0.15) is 0 Å². The summed E-state index contributed by atoms with van der Waals surface area (Å²) in [6.45, 7) is 0. The third kappa shape index (κ3) is 4.64. The average Bonchev–Trinajstić information content (AvgIpc) is 3.92. The van der Waals surface area contributed by atoms with Crippen molar-refractivity contribution >= 4 is 82.3 Å². The molecule has 0 fully saturated rings. The molecule has 266 valence electrons. The lowest BCUT2D eigenvalue weighted by Crippen LogP contribution is -2.73. The quantitative estimate of drug-likeness (QED) is 0.164. The second-order valence-corrected chi connectivity index (χ2v) is 19.6. The molecule has 12 rings (SSSR count). The smallest absolute Gasteiger partial charge is 0.203 e. The van der Waals surface area contributed by atoms with Crippen molar-refractivity contribution in [1.82, 2.24) is 14.5 Å². The van der Waals surface area contributed by atoms with Crippen molar-refractivity contribution in [2.75, 3.05) is 0 Å². The van der Waals surface area contributed by atoms with Crippen LogP contribution < -0.4 is 20.9 Å². The Bertz CT molecular complexity index is 3310. The summed E-state index contributed by atoms with van der Waals surface area (Å²) < 4.78 is 5.05. The van der Waals surface area contributed by atoms with Crippen LogP contribution in [0.4, 0.5) is 0 Å². The van der Waals surface area contributed by atoms with E-state index in [-0.39, 0.29) is 0 Å². The van der Waals surface area contributed by atoms with Gasteiger partial charge in [-0.1, -0.05) is 164 Å². The molecule has 0 atom stereocenters. The van der Waals surface area contributed by atoms with E-state index < -0.39 is 8.07 Å². The lowest BCUT2D eigenvalue weighted by Gasteiger charge is -2.30. The highest BCUT2D eigenvalue weighted by Crippen LogP contribution is 2.43. The summed E-state index contributed by atoms with van der Waals surface area (Å²) in [4.78, 5) is 11.5. The van der Waals surface area contributed by atoms with Gasteiger partial charge in [-0.2, -0.15) is 0 Å². The van der Waals surface area contributed by atoms with Crippen LogP contribution in [0.1, 0.15) is 0 Å². The summed E-state index contributed by atoms with van der Waals surface area (Å²) in [5.41, 5.74) is 8.80. The molecule has 0 saturated heterocycles. The molecule has 11 aromatic rings. The molecule has 3 nitrogen and oxygen atoms in total. The molecule has 0 saturated carbocycles. The van der Waals surface area contributed by atoms with Crippen molar-refractivity contribution in [3.05, 3.63) is 200 Å². The topological polar surface area (TPSA) is 30.7 Å². The second kappa shape index (κ2) is 12.5. The Morgan fingerprint density at radius 2 is 1.05 bits per heavy atom. The van der Waals surface area contributed by atoms with Gasteiger partial charge in [0.25, 0.3) is 0 Å². The minimum Gasteiger partial charge on any atom is -0.308 e. The molecule has 0 radical (unpaired) electrons. The van der Waals surface area contributed by atoms with Crippen molar-refractivity contribution in [2.45, 2.75) is 0 Å². The number of nitrogens with zero attached hydrogens (tertiary/aromatic N) is 3. The molecule has 0 spiro atoms. The van der Waals surface area contributed by atoms with Gasteiger partial charge in [0, 0.05) is 47.6 Å². The van der Waals surface area contributed by atoms with E-state index in [0.29, 0.717) is 0 Å². The minimum atomic E-state index is -2.93. The van der Waals surface area contributed by atoms with Gasteiger partial charge in [-0.3, -0.25) is 0 Å². The Hall–Kier alpha value is -6.92. The van der Waals surface area contributed by atoms with Crippen LogP contribution in [-0.2, 0) is 0 Å². The predicted octanol–water partition coefficient (Wildman–Crippen LogP) is 10.6. The molecule has 0 bridgehead atoms. The van der Waals surface area contributed by atoms with Gasteiger partial charge >= 0.3 is 0 Å². The zero-order valence-corrected chi connectivity index (χ0v) is 32.6. The monoisotopic (exact) mass is 759 g/mol. The summed E-state index contributed by atoms with van der Waals surface area (Å²) in [5, 5.41) is 10.2. The number of rotatable bonds is 5. The molecule has 0 N–H and O–H groups in total. The van der Waals surface area contributed by atoms with Gasteiger partial charge in [0.15, 0.2) is 5.82 Å². The van der Waals surface area contributed by atoms with E-state index in [9.17, 15) is 0 Å². The SMILES string of the molecule is c1ccc(-c2nc(-c3ccccc3-n3c4ccccc4c4cc5sc6ccccc6c5cc43)nc3c2-c2ccccc2[Si]3(c2ccccc2)c2ccccc2)cc1. The van der Waals surface area contributed by atoms with Crippen LogP contribution in [0, 0.1) is 0 Å². The van der Waals surface area contributed by atoms with Crippen LogP contribution in [-0.4, -0.2) is 22.6 Å². The standard InChI is InChI=1S/C52H33N3SSi/c1-4-18-34(19-5-1)50-49-40-27-13-17-31-48(40)57(35-20-6-2-7-21-35,36-22-8-3-9-23-36)52(49)54-51(53-50)39-26-11-15-29-44(39)55-43-28-14-10-24-37(43)41-33-47-42(32-45(41)55)38-25-12-16-30-46(38)56-47/h1-33H. The van der Waals surface area contributed by atoms with Crippen LogP contribution in [0.15, 0.2) is 200 Å². The van der Waals surface area contributed by atoms with Crippen molar-refractivity contribution in [1.29, 1.82) is 0 Å². The van der Waals surface area contributed by atoms with E-state index in [4.69, 9.17) is 9.97 Å². The van der Waals surface area contributed by atoms with Gasteiger partial charge in [-0.15, -0.1) is 11.3 Å². The number of benzene rings is 8. The first-order chi connectivity index (χ1) is 28.3. The van der Waals surface area contributed by atoms with Crippen LogP contribution in [0.2, 0.25) is 0 Å². The zero-order chi connectivity index (χ0) is 37.5. The molecular weight excluding hydrogens is 727 g/mol. The number of hydrogen-bond donors (Lipinski definition) is 0. The Morgan fingerprint density at radius 1 is 0.439 bits per heavy atom. The van der Waals surface area contributed by atoms with E-state index in [0.717, 1.165) is 44.7 Å². The third-order valence-corrected chi connectivity index (χ3v) is 17.7. The van der Waals surface area contributed by atoms with Crippen LogP contribution in [0.5, 0.6) is 0 Å². The number of hydrogen-bond acceptors (Lipinski definition) is 3. The van der Waals surface area contributed by atoms with Crippen molar-refractivity contribution in [2.24, 2.45) is 0 Å². The number of thiophene rings is 1. The lowest BCUT2D eigenvalue weighted by molar-refractivity contribution is 1.15. The fourth-order valence-corrected chi connectivity index (χ4v) is 15.6. The normalized spacial score (nSPS) is 13.1. The molecule has 0 unspecified atom stereocenters. The highest BCUT2D eigenvalue weighted by atomic mass is 32.1. The number of fused-ring (bicyclic) bond motifs is 9. The largest absolute Gasteiger partial charge is 0.308 e. The molecule has 0 aliphatic carbocycles. The molecule has 3 aromatic heterocycles. The van der Waals surface area contributed by atoms with Gasteiger partial charge in [-0.25, -0.2) is 9.97 Å². The molecule has 5 heteroatoms. The minimum absolute atomic E-state index is 0.729. The van der Waals surface area contributed by atoms with Crippen molar-refractivity contribution in [3.63, 3.8) is 0 Å². The maximum Gasteiger partial charge on any atom is 0.203 e. The summed E-state index contributed by atoms with van der Waals surface area (Å²) in [6, 6.07) is 73.0. The van der Waals surface area contributed by atoms with E-state index in [2.05, 4.69) is 205 Å². The fraction of sp³-hybridized carbons (Fsp3) is 0. The molecule has 1 aliphatic heterocycles. The molecule has 0 amide bonds. The maximum atomic E-state index is 5.88. The second-order valence-electron chi connectivity index (χ2n) is 14.8. The first-order valence-electron chi connectivity index (χ1n) is 19.4. The van der Waals surface area contributed by atoms with Crippen molar-refractivity contribution in [3.8, 4) is 39.5 Å². The summed E-state index contributed by atoms with van der Waals surface area (Å²) in [5.74, 6) is 0.729. The molecule has 1 aliphatic rings. The predicted molar refractivity (Wildman–Crippen MR) is 243 cm³/mol. The zero-order valence-electron chi connectivity index (χ0n) is 30.8. The van der Waals surface area contributed by atoms with Gasteiger partial charge in [-0.05, 0) is 57.5 Å². The number of aromatic nitrogens is 3. The van der Waals surface area contributed by atoms with Crippen LogP contribution in [0.25, 0.3) is 81.4 Å². The first kappa shape index (κ1) is 32.3. The highest BCUT2D eigenvalue weighted by Gasteiger charge is 2.51. The average molecular weight is 760 g/mol. The number of para-hydroxylation sites is 2. The summed E-state index contributed by atoms with van der Waals surface area (Å²) >= 11 is 1.87. The van der Waals surface area contributed by atoms with Gasteiger partial charge in [0.2, 0.25) is 8.07 Å². The fourth-order valence-electron chi connectivity index (χ4n) is 9.50. The lowest BCUT2D eigenvalue weighted by atomic mass is 10.0. The van der Waals surface area contributed by atoms with E-state index in [1.165, 1.54) is 57.6 Å². The Morgan fingerprint density at radius 3 is 1.82 bits per heavy atom. The molecular formula is C52H33N3SSi. The Labute approximate surface area is 334 Å². The van der Waals surface area contributed by atoms with E-state index in [1.54, 1.807) is 0 Å². The Kier molecular flexibility index (Phi) is 7.12. The molecule has 57 heavy (non-hydrogen) atoms. The van der Waals surface area contributed by atoms with Gasteiger partial charge in [0.05, 0.1) is 27.7 Å².